The van der Waals surface area contributed by atoms with E-state index in [1.54, 1.807) is 42.7 Å². The molecule has 0 saturated carbocycles. The number of aromatic amines is 1. The Balaban J connectivity index is 1.18. The number of H-pyrrole nitrogens is 1. The lowest BCUT2D eigenvalue weighted by molar-refractivity contribution is -0.124. The van der Waals surface area contributed by atoms with Gasteiger partial charge >= 0.3 is 5.97 Å². The van der Waals surface area contributed by atoms with Crippen LogP contribution in [-0.2, 0) is 16.1 Å². The van der Waals surface area contributed by atoms with Gasteiger partial charge in [-0.15, -0.1) is 0 Å². The molecule has 160 valence electrons. The van der Waals surface area contributed by atoms with Gasteiger partial charge in [-0.2, -0.15) is 0 Å². The number of aromatic nitrogens is 3. The number of carbonyl (C=O) groups is 2. The van der Waals surface area contributed by atoms with Crippen molar-refractivity contribution in [1.29, 1.82) is 0 Å². The van der Waals surface area contributed by atoms with Crippen LogP contribution in [0.4, 0.5) is 0 Å². The first kappa shape index (κ1) is 19.6. The molecule has 0 radical (unpaired) electrons. The molecule has 0 fully saturated rings. The molecule has 4 aromatic rings. The van der Waals surface area contributed by atoms with Crippen LogP contribution in [0.15, 0.2) is 60.9 Å². The smallest absolute Gasteiger partial charge is 0.338 e. The highest BCUT2D eigenvalue weighted by Gasteiger charge is 2.15. The third-order valence-electron chi connectivity index (χ3n) is 4.91. The van der Waals surface area contributed by atoms with Gasteiger partial charge < -0.3 is 24.5 Å². The number of ether oxygens (including phenoxy) is 3. The molecule has 9 heteroatoms. The second-order valence-electron chi connectivity index (χ2n) is 7.10. The van der Waals surface area contributed by atoms with Gasteiger partial charge in [0.15, 0.2) is 18.1 Å². The van der Waals surface area contributed by atoms with E-state index in [2.05, 4.69) is 20.3 Å². The van der Waals surface area contributed by atoms with Crippen LogP contribution in [0.2, 0.25) is 0 Å². The van der Waals surface area contributed by atoms with Gasteiger partial charge in [-0.1, -0.05) is 6.07 Å². The number of esters is 1. The highest BCUT2D eigenvalue weighted by atomic mass is 16.7. The molecule has 1 aliphatic heterocycles. The van der Waals surface area contributed by atoms with E-state index in [4.69, 9.17) is 14.2 Å². The van der Waals surface area contributed by atoms with Crippen LogP contribution in [0.1, 0.15) is 15.9 Å². The average Bonchev–Trinajstić information content (AvgIpc) is 3.47. The predicted molar refractivity (Wildman–Crippen MR) is 114 cm³/mol. The molecular formula is C23H18N4O5. The predicted octanol–water partition coefficient (Wildman–Crippen LogP) is 2.83. The van der Waals surface area contributed by atoms with Gasteiger partial charge in [0.05, 0.1) is 16.6 Å². The Kier molecular flexibility index (Phi) is 5.12. The summed E-state index contributed by atoms with van der Waals surface area (Å²) in [6.45, 7) is 0.0891. The minimum atomic E-state index is -0.595. The third kappa shape index (κ3) is 4.08. The van der Waals surface area contributed by atoms with Crippen LogP contribution in [0.25, 0.3) is 22.4 Å². The highest BCUT2D eigenvalue weighted by Crippen LogP contribution is 2.32. The number of rotatable bonds is 6. The maximum absolute atomic E-state index is 12.4. The molecule has 3 heterocycles. The Bertz CT molecular complexity index is 1300. The van der Waals surface area contributed by atoms with Crippen molar-refractivity contribution >= 4 is 22.9 Å². The summed E-state index contributed by atoms with van der Waals surface area (Å²) >= 11 is 0. The number of nitrogens with one attached hydrogen (secondary N) is 2. The minimum Gasteiger partial charge on any atom is -0.454 e. The minimum absolute atomic E-state index is 0.191. The fourth-order valence-corrected chi connectivity index (χ4v) is 3.29. The van der Waals surface area contributed by atoms with Crippen molar-refractivity contribution in [3.63, 3.8) is 0 Å². The van der Waals surface area contributed by atoms with Gasteiger partial charge in [-0.3, -0.25) is 9.78 Å². The zero-order valence-electron chi connectivity index (χ0n) is 16.8. The van der Waals surface area contributed by atoms with E-state index in [1.807, 2.05) is 18.2 Å². The number of fused-ring (bicyclic) bond motifs is 2. The van der Waals surface area contributed by atoms with Gasteiger partial charge in [-0.25, -0.2) is 9.78 Å². The van der Waals surface area contributed by atoms with Crippen molar-refractivity contribution in [2.24, 2.45) is 0 Å². The number of nitrogens with zero attached hydrogens (tertiary/aromatic N) is 2. The summed E-state index contributed by atoms with van der Waals surface area (Å²) in [7, 11) is 0. The first-order chi connectivity index (χ1) is 15.7. The molecule has 9 nitrogen and oxygen atoms in total. The molecular weight excluding hydrogens is 412 g/mol. The second-order valence-corrected chi connectivity index (χ2v) is 7.10. The maximum Gasteiger partial charge on any atom is 0.338 e. The van der Waals surface area contributed by atoms with Gasteiger partial charge in [0, 0.05) is 24.5 Å². The zero-order valence-corrected chi connectivity index (χ0v) is 16.8. The summed E-state index contributed by atoms with van der Waals surface area (Å²) in [5.41, 5.74) is 3.41. The molecule has 0 saturated heterocycles. The molecule has 2 aromatic heterocycles. The Morgan fingerprint density at radius 2 is 2.00 bits per heavy atom. The summed E-state index contributed by atoms with van der Waals surface area (Å²) in [5, 5.41) is 2.71. The number of hydrogen-bond donors (Lipinski definition) is 2. The molecule has 2 aromatic carbocycles. The van der Waals surface area contributed by atoms with Gasteiger partial charge in [0.2, 0.25) is 6.79 Å². The SMILES string of the molecule is O=C(COC(=O)c1ccc2nc(-c3cccnc3)[nH]c2c1)NCc1ccc2c(c1)OCO2. The molecule has 0 unspecified atom stereocenters. The molecule has 0 bridgehead atoms. The van der Waals surface area contributed by atoms with Crippen molar-refractivity contribution in [3.8, 4) is 22.9 Å². The first-order valence-corrected chi connectivity index (χ1v) is 9.88. The summed E-state index contributed by atoms with van der Waals surface area (Å²) in [6, 6.07) is 14.1. The fraction of sp³-hybridized carbons (Fsp3) is 0.130. The number of pyridine rings is 1. The van der Waals surface area contributed by atoms with Gasteiger partial charge in [0.1, 0.15) is 5.82 Å². The summed E-state index contributed by atoms with van der Waals surface area (Å²) in [4.78, 5) is 36.2. The van der Waals surface area contributed by atoms with E-state index in [0.29, 0.717) is 33.9 Å². The van der Waals surface area contributed by atoms with E-state index in [-0.39, 0.29) is 19.9 Å². The van der Waals surface area contributed by atoms with Crippen LogP contribution >= 0.6 is 0 Å². The highest BCUT2D eigenvalue weighted by molar-refractivity contribution is 5.95. The lowest BCUT2D eigenvalue weighted by atomic mass is 10.2. The molecule has 2 N–H and O–H groups in total. The standard InChI is InChI=1S/C23H18N4O5/c28-21(25-10-14-3-6-19-20(8-14)32-13-31-19)12-30-23(29)15-4-5-17-18(9-15)27-22(26-17)16-2-1-7-24-11-16/h1-9,11H,10,12-13H2,(H,25,28)(H,26,27). The van der Waals surface area contributed by atoms with Crippen LogP contribution in [-0.4, -0.2) is 40.2 Å². The van der Waals surface area contributed by atoms with E-state index < -0.39 is 11.9 Å². The maximum atomic E-state index is 12.4. The Hall–Kier alpha value is -4.40. The number of benzene rings is 2. The number of amides is 1. The molecule has 1 aliphatic rings. The van der Waals surface area contributed by atoms with Gasteiger partial charge in [0.25, 0.3) is 5.91 Å². The molecule has 1 amide bonds. The molecule has 0 aliphatic carbocycles. The van der Waals surface area contributed by atoms with Crippen molar-refractivity contribution in [2.45, 2.75) is 6.54 Å². The van der Waals surface area contributed by atoms with E-state index in [9.17, 15) is 9.59 Å². The van der Waals surface area contributed by atoms with E-state index in [0.717, 1.165) is 11.1 Å². The van der Waals surface area contributed by atoms with Gasteiger partial charge in [-0.05, 0) is 48.0 Å². The van der Waals surface area contributed by atoms with Crippen LogP contribution in [0.3, 0.4) is 0 Å². The Labute approximate surface area is 182 Å². The lowest BCUT2D eigenvalue weighted by Crippen LogP contribution is -2.28. The van der Waals surface area contributed by atoms with E-state index >= 15 is 0 Å². The van der Waals surface area contributed by atoms with Crippen LogP contribution < -0.4 is 14.8 Å². The quantitative estimate of drug-likeness (QED) is 0.452. The third-order valence-corrected chi connectivity index (χ3v) is 4.91. The van der Waals surface area contributed by atoms with Crippen molar-refractivity contribution in [3.05, 3.63) is 72.1 Å². The molecule has 0 spiro atoms. The van der Waals surface area contributed by atoms with Crippen molar-refractivity contribution in [2.75, 3.05) is 13.4 Å². The van der Waals surface area contributed by atoms with Crippen molar-refractivity contribution < 1.29 is 23.8 Å². The lowest BCUT2D eigenvalue weighted by Gasteiger charge is -2.07. The average molecular weight is 430 g/mol. The summed E-state index contributed by atoms with van der Waals surface area (Å²) in [5.74, 6) is 0.974. The molecule has 5 rings (SSSR count). The second kappa shape index (κ2) is 8.38. The number of carbonyl (C=O) groups excluding carboxylic acids is 2. The summed E-state index contributed by atoms with van der Waals surface area (Å²) in [6.07, 6.45) is 3.39. The first-order valence-electron chi connectivity index (χ1n) is 9.88. The number of imidazole rings is 1. The normalized spacial score (nSPS) is 12.0. The topological polar surface area (TPSA) is 115 Å². The Morgan fingerprint density at radius 1 is 1.09 bits per heavy atom. The largest absolute Gasteiger partial charge is 0.454 e. The molecule has 32 heavy (non-hydrogen) atoms. The zero-order chi connectivity index (χ0) is 21.9. The Morgan fingerprint density at radius 3 is 2.88 bits per heavy atom. The summed E-state index contributed by atoms with van der Waals surface area (Å²) < 4.78 is 15.7. The monoisotopic (exact) mass is 430 g/mol. The fourth-order valence-electron chi connectivity index (χ4n) is 3.29. The molecule has 0 atom stereocenters. The van der Waals surface area contributed by atoms with E-state index in [1.165, 1.54) is 0 Å². The van der Waals surface area contributed by atoms with Crippen LogP contribution in [0.5, 0.6) is 11.5 Å². The van der Waals surface area contributed by atoms with Crippen LogP contribution in [0, 0.1) is 0 Å². The number of hydrogen-bond acceptors (Lipinski definition) is 7. The van der Waals surface area contributed by atoms with Crippen molar-refractivity contribution in [1.82, 2.24) is 20.3 Å².